The number of halogens is 2. The van der Waals surface area contributed by atoms with Crippen LogP contribution in [0.5, 0.6) is 0 Å². The third kappa shape index (κ3) is 8.34. The lowest BCUT2D eigenvalue weighted by Gasteiger charge is -2.22. The molecule has 2 aromatic carbocycles. The van der Waals surface area contributed by atoms with Crippen molar-refractivity contribution in [3.05, 3.63) is 63.6 Å². The topological polar surface area (TPSA) is 75.7 Å². The van der Waals surface area contributed by atoms with Crippen molar-refractivity contribution in [1.82, 2.24) is 5.32 Å². The molecule has 1 amide bonds. The molecule has 0 saturated heterocycles. The van der Waals surface area contributed by atoms with Gasteiger partial charge in [-0.2, -0.15) is 0 Å². The Bertz CT molecular complexity index is 910. The molecular formula is C20H24BrClN2O4S. The number of anilines is 1. The number of hydrogen-bond acceptors (Lipinski definition) is 4. The first kappa shape index (κ1) is 23.7. The van der Waals surface area contributed by atoms with Crippen LogP contribution in [0.1, 0.15) is 18.4 Å². The Morgan fingerprint density at radius 2 is 1.93 bits per heavy atom. The first-order chi connectivity index (χ1) is 13.8. The standard InChI is InChI=1S/C20H24BrClN2O4S/c1-29(26,27)24(17-9-10-18(21)19(22)14-17)12-5-8-20(25)23-11-13-28-15-16-6-3-2-4-7-16/h2-4,6-7,9-10,14H,5,8,11-13,15H2,1H3,(H,23,25). The van der Waals surface area contributed by atoms with E-state index in [1.54, 1.807) is 18.2 Å². The lowest BCUT2D eigenvalue weighted by atomic mass is 10.2. The van der Waals surface area contributed by atoms with Crippen LogP contribution in [0, 0.1) is 0 Å². The highest BCUT2D eigenvalue weighted by Gasteiger charge is 2.18. The molecule has 0 unspecified atom stereocenters. The molecule has 0 atom stereocenters. The molecule has 0 aromatic heterocycles. The van der Waals surface area contributed by atoms with Gasteiger partial charge in [0, 0.05) is 24.0 Å². The molecular weight excluding hydrogens is 480 g/mol. The molecule has 6 nitrogen and oxygen atoms in total. The second-order valence-corrected chi connectivity index (χ2v) is 9.59. The summed E-state index contributed by atoms with van der Waals surface area (Å²) in [5.74, 6) is -0.143. The summed E-state index contributed by atoms with van der Waals surface area (Å²) in [5.41, 5.74) is 1.54. The quantitative estimate of drug-likeness (QED) is 0.471. The smallest absolute Gasteiger partial charge is 0.232 e. The van der Waals surface area contributed by atoms with E-state index in [9.17, 15) is 13.2 Å². The minimum Gasteiger partial charge on any atom is -0.375 e. The van der Waals surface area contributed by atoms with Crippen LogP contribution in [0.15, 0.2) is 53.0 Å². The summed E-state index contributed by atoms with van der Waals surface area (Å²) >= 11 is 9.36. The summed E-state index contributed by atoms with van der Waals surface area (Å²) in [6.45, 7) is 1.50. The number of benzene rings is 2. The Kier molecular flexibility index (Phi) is 9.42. The number of carbonyl (C=O) groups is 1. The lowest BCUT2D eigenvalue weighted by molar-refractivity contribution is -0.121. The molecule has 0 spiro atoms. The third-order valence-corrected chi connectivity index (χ3v) is 6.46. The van der Waals surface area contributed by atoms with E-state index in [1.807, 2.05) is 30.3 Å². The molecule has 1 N–H and O–H groups in total. The molecule has 2 aromatic rings. The zero-order valence-electron chi connectivity index (χ0n) is 16.1. The van der Waals surface area contributed by atoms with Crippen molar-refractivity contribution in [2.24, 2.45) is 0 Å². The normalized spacial score (nSPS) is 11.3. The molecule has 0 heterocycles. The third-order valence-electron chi connectivity index (χ3n) is 4.04. The minimum atomic E-state index is -3.49. The van der Waals surface area contributed by atoms with Crippen LogP contribution in [0.2, 0.25) is 5.02 Å². The molecule has 0 radical (unpaired) electrons. The number of nitrogens with one attached hydrogen (secondary N) is 1. The van der Waals surface area contributed by atoms with Gasteiger partial charge in [0.25, 0.3) is 0 Å². The average molecular weight is 504 g/mol. The average Bonchev–Trinajstić information content (AvgIpc) is 2.67. The fourth-order valence-corrected chi connectivity index (χ4v) is 4.00. The second-order valence-electron chi connectivity index (χ2n) is 6.43. The van der Waals surface area contributed by atoms with Gasteiger partial charge in [0.1, 0.15) is 0 Å². The Labute approximate surface area is 185 Å². The maximum absolute atomic E-state index is 12.1. The largest absolute Gasteiger partial charge is 0.375 e. The zero-order valence-corrected chi connectivity index (χ0v) is 19.3. The molecule has 158 valence electrons. The van der Waals surface area contributed by atoms with E-state index >= 15 is 0 Å². The molecule has 29 heavy (non-hydrogen) atoms. The van der Waals surface area contributed by atoms with Crippen LogP contribution >= 0.6 is 27.5 Å². The van der Waals surface area contributed by atoms with Crippen LogP contribution in [0.3, 0.4) is 0 Å². The van der Waals surface area contributed by atoms with E-state index in [-0.39, 0.29) is 18.9 Å². The molecule has 0 bridgehead atoms. The van der Waals surface area contributed by atoms with Crippen LogP contribution in [0.25, 0.3) is 0 Å². The van der Waals surface area contributed by atoms with E-state index < -0.39 is 10.0 Å². The van der Waals surface area contributed by atoms with Crippen LogP contribution in [-0.2, 0) is 26.2 Å². The van der Waals surface area contributed by atoms with Gasteiger partial charge in [0.2, 0.25) is 15.9 Å². The maximum Gasteiger partial charge on any atom is 0.232 e. The van der Waals surface area contributed by atoms with E-state index in [4.69, 9.17) is 16.3 Å². The second kappa shape index (κ2) is 11.5. The first-order valence-corrected chi connectivity index (χ1v) is 12.1. The maximum atomic E-state index is 12.1. The summed E-state index contributed by atoms with van der Waals surface area (Å²) in [7, 11) is -3.49. The number of hydrogen-bond donors (Lipinski definition) is 1. The Balaban J connectivity index is 1.73. The number of amides is 1. The van der Waals surface area contributed by atoms with E-state index in [2.05, 4.69) is 21.2 Å². The van der Waals surface area contributed by atoms with Gasteiger partial charge in [0.15, 0.2) is 0 Å². The van der Waals surface area contributed by atoms with E-state index in [0.29, 0.717) is 41.4 Å². The van der Waals surface area contributed by atoms with Crippen molar-refractivity contribution in [3.63, 3.8) is 0 Å². The summed E-state index contributed by atoms with van der Waals surface area (Å²) in [4.78, 5) is 12.0. The number of carbonyl (C=O) groups excluding carboxylic acids is 1. The highest BCUT2D eigenvalue weighted by Crippen LogP contribution is 2.28. The van der Waals surface area contributed by atoms with Crippen molar-refractivity contribution in [1.29, 1.82) is 0 Å². The highest BCUT2D eigenvalue weighted by molar-refractivity contribution is 9.10. The highest BCUT2D eigenvalue weighted by atomic mass is 79.9. The van der Waals surface area contributed by atoms with E-state index in [0.717, 1.165) is 11.8 Å². The molecule has 0 saturated carbocycles. The van der Waals surface area contributed by atoms with Crippen LogP contribution < -0.4 is 9.62 Å². The van der Waals surface area contributed by atoms with Gasteiger partial charge in [-0.15, -0.1) is 0 Å². The molecule has 2 rings (SSSR count). The van der Waals surface area contributed by atoms with Gasteiger partial charge in [-0.3, -0.25) is 9.10 Å². The number of ether oxygens (including phenoxy) is 1. The van der Waals surface area contributed by atoms with Crippen molar-refractivity contribution < 1.29 is 17.9 Å². The zero-order chi connectivity index (χ0) is 21.3. The van der Waals surface area contributed by atoms with E-state index in [1.165, 1.54) is 4.31 Å². The van der Waals surface area contributed by atoms with Crippen LogP contribution in [0.4, 0.5) is 5.69 Å². The monoisotopic (exact) mass is 502 g/mol. The van der Waals surface area contributed by atoms with Gasteiger partial charge in [-0.1, -0.05) is 41.9 Å². The SMILES string of the molecule is CS(=O)(=O)N(CCCC(=O)NCCOCc1ccccc1)c1ccc(Br)c(Cl)c1. The number of sulfonamides is 1. The van der Waals surface area contributed by atoms with Crippen molar-refractivity contribution >= 4 is 49.1 Å². The predicted octanol–water partition coefficient (Wildman–Crippen LogP) is 3.98. The fourth-order valence-electron chi connectivity index (χ4n) is 2.63. The van der Waals surface area contributed by atoms with Gasteiger partial charge in [0.05, 0.1) is 30.2 Å². The predicted molar refractivity (Wildman–Crippen MR) is 120 cm³/mol. The van der Waals surface area contributed by atoms with Gasteiger partial charge >= 0.3 is 0 Å². The molecule has 9 heteroatoms. The minimum absolute atomic E-state index is 0.143. The van der Waals surface area contributed by atoms with Crippen molar-refractivity contribution in [2.45, 2.75) is 19.4 Å². The van der Waals surface area contributed by atoms with Gasteiger partial charge in [-0.25, -0.2) is 8.42 Å². The molecule has 0 aliphatic carbocycles. The molecule has 0 aliphatic heterocycles. The summed E-state index contributed by atoms with van der Waals surface area (Å²) < 4.78 is 31.7. The number of nitrogens with zero attached hydrogens (tertiary/aromatic N) is 1. The summed E-state index contributed by atoms with van der Waals surface area (Å²) in [6, 6.07) is 14.7. The van der Waals surface area contributed by atoms with Gasteiger partial charge < -0.3 is 10.1 Å². The Morgan fingerprint density at radius 1 is 1.21 bits per heavy atom. The van der Waals surface area contributed by atoms with Gasteiger partial charge in [-0.05, 0) is 46.1 Å². The lowest BCUT2D eigenvalue weighted by Crippen LogP contribution is -2.32. The molecule has 0 fully saturated rings. The molecule has 0 aliphatic rings. The summed E-state index contributed by atoms with van der Waals surface area (Å²) in [6.07, 6.45) is 1.74. The Hall–Kier alpha value is -1.61. The first-order valence-electron chi connectivity index (χ1n) is 9.08. The summed E-state index contributed by atoms with van der Waals surface area (Å²) in [5, 5.41) is 3.20. The fraction of sp³-hybridized carbons (Fsp3) is 0.350. The Morgan fingerprint density at radius 3 is 2.59 bits per heavy atom. The number of rotatable bonds is 11. The van der Waals surface area contributed by atoms with Crippen molar-refractivity contribution in [2.75, 3.05) is 30.3 Å². The van der Waals surface area contributed by atoms with Crippen molar-refractivity contribution in [3.8, 4) is 0 Å². The van der Waals surface area contributed by atoms with Crippen LogP contribution in [-0.4, -0.2) is 40.3 Å².